The fourth-order valence-corrected chi connectivity index (χ4v) is 4.63. The summed E-state index contributed by atoms with van der Waals surface area (Å²) in [7, 11) is 1.69. The van der Waals surface area contributed by atoms with Crippen LogP contribution in [0.4, 0.5) is 0 Å². The van der Waals surface area contributed by atoms with Gasteiger partial charge < -0.3 is 9.84 Å². The number of hydrogen-bond donors (Lipinski definition) is 1. The largest absolute Gasteiger partial charge is 0.389 e. The molecular weight excluding hydrogens is 370 g/mol. The molecule has 3 aromatic rings. The Morgan fingerprint density at radius 2 is 1.33 bits per heavy atom. The van der Waals surface area contributed by atoms with Crippen molar-refractivity contribution in [3.63, 3.8) is 0 Å². The molecule has 0 aliphatic carbocycles. The minimum atomic E-state index is -0.448. The Hall–Kier alpha value is -2.72. The maximum atomic E-state index is 10.6. The van der Waals surface area contributed by atoms with Crippen molar-refractivity contribution >= 4 is 0 Å². The van der Waals surface area contributed by atoms with Gasteiger partial charge in [0.2, 0.25) is 0 Å². The van der Waals surface area contributed by atoms with Gasteiger partial charge >= 0.3 is 0 Å². The molecule has 0 radical (unpaired) electrons. The molecule has 4 rings (SSSR count). The lowest BCUT2D eigenvalue weighted by molar-refractivity contribution is 0.0847. The zero-order chi connectivity index (χ0) is 20.8. The van der Waals surface area contributed by atoms with Crippen molar-refractivity contribution < 1.29 is 9.84 Å². The molecule has 1 unspecified atom stereocenters. The van der Waals surface area contributed by atoms with Crippen LogP contribution in [-0.2, 0) is 10.3 Å². The number of likely N-dealkylation sites (tertiary alicyclic amines) is 1. The van der Waals surface area contributed by atoms with Crippen LogP contribution in [0.1, 0.15) is 23.1 Å². The number of aliphatic hydroxyl groups is 1. The van der Waals surface area contributed by atoms with Crippen molar-refractivity contribution in [1.82, 2.24) is 4.90 Å². The second-order valence-corrected chi connectivity index (χ2v) is 7.77. The van der Waals surface area contributed by atoms with E-state index in [9.17, 15) is 5.11 Å². The summed E-state index contributed by atoms with van der Waals surface area (Å²) in [6.45, 7) is 1.99. The van der Waals surface area contributed by atoms with Gasteiger partial charge in [0.05, 0.1) is 18.2 Å². The van der Waals surface area contributed by atoms with Crippen LogP contribution in [0, 0.1) is 0 Å². The number of methoxy groups -OCH3 is 1. The van der Waals surface area contributed by atoms with Crippen molar-refractivity contribution in [3.8, 4) is 0 Å². The number of benzene rings is 3. The fourth-order valence-electron chi connectivity index (χ4n) is 4.63. The number of nitrogens with zero attached hydrogens (tertiary/aromatic N) is 1. The molecular formula is C27H29NO2. The zero-order valence-corrected chi connectivity index (χ0v) is 17.4. The molecule has 3 aromatic carbocycles. The van der Waals surface area contributed by atoms with E-state index in [1.807, 2.05) is 6.08 Å². The third kappa shape index (κ3) is 3.84. The third-order valence-electron chi connectivity index (χ3n) is 6.04. The van der Waals surface area contributed by atoms with E-state index in [0.717, 1.165) is 12.1 Å². The van der Waals surface area contributed by atoms with E-state index in [-0.39, 0.29) is 0 Å². The Morgan fingerprint density at radius 3 is 1.77 bits per heavy atom. The predicted molar refractivity (Wildman–Crippen MR) is 121 cm³/mol. The van der Waals surface area contributed by atoms with Crippen LogP contribution >= 0.6 is 0 Å². The molecule has 0 amide bonds. The van der Waals surface area contributed by atoms with E-state index in [4.69, 9.17) is 4.74 Å². The molecule has 30 heavy (non-hydrogen) atoms. The Bertz CT molecular complexity index is 857. The van der Waals surface area contributed by atoms with Crippen LogP contribution in [-0.4, -0.2) is 42.9 Å². The highest BCUT2D eigenvalue weighted by Crippen LogP contribution is 2.44. The van der Waals surface area contributed by atoms with E-state index in [2.05, 4.69) is 95.9 Å². The fraction of sp³-hybridized carbons (Fsp3) is 0.259. The number of piperidine rings is 1. The predicted octanol–water partition coefficient (Wildman–Crippen LogP) is 4.62. The van der Waals surface area contributed by atoms with Crippen molar-refractivity contribution in [1.29, 1.82) is 0 Å². The summed E-state index contributed by atoms with van der Waals surface area (Å²) in [5.74, 6) is 0. The highest BCUT2D eigenvalue weighted by atomic mass is 16.5. The van der Waals surface area contributed by atoms with Gasteiger partial charge in [0, 0.05) is 20.2 Å². The summed E-state index contributed by atoms with van der Waals surface area (Å²) in [6.07, 6.45) is 2.31. The normalized spacial score (nSPS) is 19.1. The quantitative estimate of drug-likeness (QED) is 0.485. The van der Waals surface area contributed by atoms with Crippen molar-refractivity contribution in [3.05, 3.63) is 119 Å². The molecule has 3 nitrogen and oxygen atoms in total. The smallest absolute Gasteiger partial charge is 0.0975 e. The summed E-state index contributed by atoms with van der Waals surface area (Å²) < 4.78 is 5.26. The van der Waals surface area contributed by atoms with Gasteiger partial charge in [0.25, 0.3) is 0 Å². The lowest BCUT2D eigenvalue weighted by atomic mass is 9.74. The maximum absolute atomic E-state index is 10.6. The summed E-state index contributed by atoms with van der Waals surface area (Å²) in [5.41, 5.74) is 4.26. The van der Waals surface area contributed by atoms with Crippen LogP contribution in [0.2, 0.25) is 0 Å². The van der Waals surface area contributed by atoms with Crippen LogP contribution in [0.3, 0.4) is 0 Å². The first-order chi connectivity index (χ1) is 14.8. The summed E-state index contributed by atoms with van der Waals surface area (Å²) in [6, 6.07) is 32.1. The Morgan fingerprint density at radius 1 is 0.867 bits per heavy atom. The van der Waals surface area contributed by atoms with E-state index in [1.54, 1.807) is 7.11 Å². The third-order valence-corrected chi connectivity index (χ3v) is 6.04. The maximum Gasteiger partial charge on any atom is 0.0975 e. The molecule has 154 valence electrons. The van der Waals surface area contributed by atoms with Gasteiger partial charge in [-0.3, -0.25) is 4.90 Å². The van der Waals surface area contributed by atoms with Gasteiger partial charge in [-0.2, -0.15) is 0 Å². The average Bonchev–Trinajstić information content (AvgIpc) is 2.82. The van der Waals surface area contributed by atoms with Gasteiger partial charge in [-0.1, -0.05) is 97.1 Å². The number of hydrogen-bond acceptors (Lipinski definition) is 3. The van der Waals surface area contributed by atoms with Gasteiger partial charge in [0.15, 0.2) is 0 Å². The van der Waals surface area contributed by atoms with Crippen molar-refractivity contribution in [2.75, 3.05) is 26.8 Å². The first kappa shape index (κ1) is 20.5. The van der Waals surface area contributed by atoms with Gasteiger partial charge in [-0.15, -0.1) is 0 Å². The molecule has 1 heterocycles. The molecule has 0 saturated carbocycles. The topological polar surface area (TPSA) is 32.7 Å². The molecule has 1 aliphatic heterocycles. The zero-order valence-electron chi connectivity index (χ0n) is 17.4. The first-order valence-electron chi connectivity index (χ1n) is 10.5. The summed E-state index contributed by atoms with van der Waals surface area (Å²) >= 11 is 0. The number of ether oxygens (including phenoxy) is 1. The Kier molecular flexibility index (Phi) is 6.44. The summed E-state index contributed by atoms with van der Waals surface area (Å²) in [4.78, 5) is 2.50. The molecule has 1 aliphatic rings. The second kappa shape index (κ2) is 9.40. The van der Waals surface area contributed by atoms with Crippen molar-refractivity contribution in [2.45, 2.75) is 18.1 Å². The Labute approximate surface area is 179 Å². The lowest BCUT2D eigenvalue weighted by Crippen LogP contribution is -2.53. The highest BCUT2D eigenvalue weighted by Gasteiger charge is 2.44. The highest BCUT2D eigenvalue weighted by molar-refractivity contribution is 5.50. The first-order valence-corrected chi connectivity index (χ1v) is 10.5. The van der Waals surface area contributed by atoms with Crippen LogP contribution in [0.25, 0.3) is 0 Å². The molecule has 0 bridgehead atoms. The SMILES string of the molecule is COC/C=C1\CN(C(c2ccccc2)(c2ccccc2)c2ccccc2)CCC1O. The van der Waals surface area contributed by atoms with E-state index in [0.29, 0.717) is 19.6 Å². The second-order valence-electron chi connectivity index (χ2n) is 7.77. The molecule has 0 spiro atoms. The standard InChI is InChI=1S/C27H29NO2/c1-30-20-18-22-21-28(19-17-26(22)29)27(23-11-5-2-6-12-23,24-13-7-3-8-14-24)25-15-9-4-10-16-25/h2-16,18,26,29H,17,19-21H2,1H3/b22-18+. The van der Waals surface area contributed by atoms with E-state index < -0.39 is 11.6 Å². The Balaban J connectivity index is 1.94. The molecule has 1 saturated heterocycles. The molecule has 1 atom stereocenters. The van der Waals surface area contributed by atoms with E-state index in [1.165, 1.54) is 16.7 Å². The summed E-state index contributed by atoms with van der Waals surface area (Å²) in [5, 5.41) is 10.6. The van der Waals surface area contributed by atoms with Gasteiger partial charge in [-0.05, 0) is 28.7 Å². The van der Waals surface area contributed by atoms with Crippen LogP contribution in [0.5, 0.6) is 0 Å². The van der Waals surface area contributed by atoms with Gasteiger partial charge in [0.1, 0.15) is 0 Å². The minimum Gasteiger partial charge on any atom is -0.389 e. The number of aliphatic hydroxyl groups excluding tert-OH is 1. The monoisotopic (exact) mass is 399 g/mol. The van der Waals surface area contributed by atoms with Crippen molar-refractivity contribution in [2.24, 2.45) is 0 Å². The van der Waals surface area contributed by atoms with Gasteiger partial charge in [-0.25, -0.2) is 0 Å². The molecule has 1 fully saturated rings. The number of rotatable bonds is 6. The molecule has 0 aromatic heterocycles. The van der Waals surface area contributed by atoms with Crippen LogP contribution < -0.4 is 0 Å². The average molecular weight is 400 g/mol. The minimum absolute atomic E-state index is 0.420. The van der Waals surface area contributed by atoms with E-state index >= 15 is 0 Å². The molecule has 3 heteroatoms. The van der Waals surface area contributed by atoms with Crippen LogP contribution in [0.15, 0.2) is 103 Å². The molecule has 1 N–H and O–H groups in total. The lowest BCUT2D eigenvalue weighted by Gasteiger charge is -2.48.